The van der Waals surface area contributed by atoms with Gasteiger partial charge in [-0.1, -0.05) is 0 Å². The van der Waals surface area contributed by atoms with Crippen LogP contribution >= 0.6 is 0 Å². The molecule has 1 aromatic heterocycles. The number of hydrogen-bond acceptors (Lipinski definition) is 4. The maximum Gasteiger partial charge on any atom is 0.267 e. The Balaban J connectivity index is 1.96. The van der Waals surface area contributed by atoms with Crippen LogP contribution in [0.25, 0.3) is 0 Å². The Kier molecular flexibility index (Phi) is 4.70. The fraction of sp³-hybridized carbons (Fsp3) is 0.615. The second-order valence-corrected chi connectivity index (χ2v) is 7.45. The number of hydrogen-bond donors (Lipinski definition) is 4. The number of nitrogens with one attached hydrogen (secondary N) is 3. The first-order chi connectivity index (χ1) is 9.79. The van der Waals surface area contributed by atoms with Crippen LogP contribution in [-0.2, 0) is 10.0 Å². The minimum absolute atomic E-state index is 0.0327. The number of rotatable bonds is 7. The van der Waals surface area contributed by atoms with Crippen molar-refractivity contribution < 1.29 is 13.2 Å². The van der Waals surface area contributed by atoms with Crippen LogP contribution in [-0.4, -0.2) is 37.9 Å². The Morgan fingerprint density at radius 3 is 2.71 bits per heavy atom. The number of carbonyl (C=O) groups excluding carboxylic acids is 1. The molecule has 1 saturated carbocycles. The van der Waals surface area contributed by atoms with Crippen molar-refractivity contribution in [1.29, 1.82) is 0 Å². The first-order valence-electron chi connectivity index (χ1n) is 7.04. The average molecular weight is 314 g/mol. The van der Waals surface area contributed by atoms with Crippen LogP contribution in [0, 0.1) is 5.92 Å². The Hall–Kier alpha value is -1.38. The average Bonchev–Trinajstić information content (AvgIpc) is 3.10. The molecule has 7 nitrogen and oxygen atoms in total. The molecule has 2 rings (SSSR count). The third-order valence-electron chi connectivity index (χ3n) is 3.33. The summed E-state index contributed by atoms with van der Waals surface area (Å²) in [4.78, 5) is 14.7. The maximum atomic E-state index is 12.0. The predicted molar refractivity (Wildman–Crippen MR) is 79.3 cm³/mol. The van der Waals surface area contributed by atoms with Crippen LogP contribution in [0.1, 0.15) is 37.2 Å². The van der Waals surface area contributed by atoms with Gasteiger partial charge in [-0.15, -0.1) is 0 Å². The lowest BCUT2D eigenvalue weighted by Crippen LogP contribution is -2.38. The van der Waals surface area contributed by atoms with Gasteiger partial charge in [0.05, 0.1) is 0 Å². The molecule has 5 N–H and O–H groups in total. The fourth-order valence-corrected chi connectivity index (χ4v) is 3.28. The molecule has 1 aliphatic rings. The molecule has 0 bridgehead atoms. The molecule has 1 fully saturated rings. The predicted octanol–water partition coefficient (Wildman–Crippen LogP) is 0.169. The summed E-state index contributed by atoms with van der Waals surface area (Å²) in [6, 6.07) is 1.08. The van der Waals surface area contributed by atoms with E-state index in [0.717, 1.165) is 12.8 Å². The minimum Gasteiger partial charge on any atom is -0.356 e. The summed E-state index contributed by atoms with van der Waals surface area (Å²) in [5.41, 5.74) is 6.11. The van der Waals surface area contributed by atoms with Crippen LogP contribution in [0.2, 0.25) is 0 Å². The molecule has 1 aliphatic carbocycles. The molecular weight excluding hydrogens is 292 g/mol. The lowest BCUT2D eigenvalue weighted by Gasteiger charge is -2.10. The summed E-state index contributed by atoms with van der Waals surface area (Å²) in [7, 11) is -3.59. The van der Waals surface area contributed by atoms with Gasteiger partial charge in [-0.3, -0.25) is 4.79 Å². The first kappa shape index (κ1) is 16.0. The normalized spacial score (nSPS) is 17.0. The van der Waals surface area contributed by atoms with E-state index in [4.69, 9.17) is 5.73 Å². The number of sulfonamides is 1. The van der Waals surface area contributed by atoms with E-state index in [0.29, 0.717) is 12.5 Å². The smallest absolute Gasteiger partial charge is 0.267 e. The summed E-state index contributed by atoms with van der Waals surface area (Å²) >= 11 is 0. The van der Waals surface area contributed by atoms with E-state index in [9.17, 15) is 13.2 Å². The molecule has 1 amide bonds. The fourth-order valence-electron chi connectivity index (χ4n) is 2.04. The topological polar surface area (TPSA) is 117 Å². The van der Waals surface area contributed by atoms with Crippen molar-refractivity contribution in [3.63, 3.8) is 0 Å². The summed E-state index contributed by atoms with van der Waals surface area (Å²) in [6.07, 6.45) is 3.53. The number of amides is 1. The van der Waals surface area contributed by atoms with Gasteiger partial charge in [0.2, 0.25) is 10.0 Å². The van der Waals surface area contributed by atoms with Gasteiger partial charge in [-0.2, -0.15) is 0 Å². The van der Waals surface area contributed by atoms with E-state index >= 15 is 0 Å². The highest BCUT2D eigenvalue weighted by Crippen LogP contribution is 2.31. The maximum absolute atomic E-state index is 12.0. The lowest BCUT2D eigenvalue weighted by atomic mass is 10.2. The zero-order valence-electron chi connectivity index (χ0n) is 12.2. The van der Waals surface area contributed by atoms with Crippen LogP contribution in [0.15, 0.2) is 17.2 Å². The Morgan fingerprint density at radius 1 is 1.48 bits per heavy atom. The Bertz CT molecular complexity index is 605. The van der Waals surface area contributed by atoms with E-state index in [1.165, 1.54) is 12.3 Å². The van der Waals surface area contributed by atoms with E-state index in [-0.39, 0.29) is 28.6 Å². The zero-order valence-corrected chi connectivity index (χ0v) is 13.0. The molecule has 8 heteroatoms. The van der Waals surface area contributed by atoms with Crippen molar-refractivity contribution >= 4 is 15.9 Å². The van der Waals surface area contributed by atoms with Crippen LogP contribution in [0.4, 0.5) is 0 Å². The van der Waals surface area contributed by atoms with Crippen molar-refractivity contribution in [1.82, 2.24) is 15.0 Å². The summed E-state index contributed by atoms with van der Waals surface area (Å²) in [5.74, 6) is 0.150. The standard InChI is InChI=1S/C13H22N4O3S/c1-8(2)17-21(19,20)10-5-12(15-6-10)13(18)16-7-11(14)9-3-4-9/h5-6,8-9,11,15,17H,3-4,7,14H2,1-2H3,(H,16,18). The molecule has 0 saturated heterocycles. The molecule has 118 valence electrons. The Labute approximate surface area is 124 Å². The van der Waals surface area contributed by atoms with Crippen molar-refractivity contribution in [3.05, 3.63) is 18.0 Å². The van der Waals surface area contributed by atoms with E-state index in [1.54, 1.807) is 13.8 Å². The third kappa shape index (κ3) is 4.29. The lowest BCUT2D eigenvalue weighted by molar-refractivity contribution is 0.0946. The van der Waals surface area contributed by atoms with Crippen LogP contribution in [0.5, 0.6) is 0 Å². The molecule has 1 atom stereocenters. The molecule has 1 heterocycles. The highest BCUT2D eigenvalue weighted by Gasteiger charge is 2.28. The molecule has 0 aromatic carbocycles. The minimum atomic E-state index is -3.59. The van der Waals surface area contributed by atoms with Crippen LogP contribution in [0.3, 0.4) is 0 Å². The molecule has 0 aliphatic heterocycles. The Morgan fingerprint density at radius 2 is 2.14 bits per heavy atom. The van der Waals surface area contributed by atoms with Gasteiger partial charge in [0.1, 0.15) is 10.6 Å². The van der Waals surface area contributed by atoms with Crippen molar-refractivity contribution in [2.45, 2.75) is 43.7 Å². The second kappa shape index (κ2) is 6.17. The third-order valence-corrected chi connectivity index (χ3v) is 4.97. The van der Waals surface area contributed by atoms with Gasteiger partial charge in [-0.25, -0.2) is 13.1 Å². The molecule has 21 heavy (non-hydrogen) atoms. The largest absolute Gasteiger partial charge is 0.356 e. The molecule has 0 spiro atoms. The molecule has 0 radical (unpaired) electrons. The number of H-pyrrole nitrogens is 1. The van der Waals surface area contributed by atoms with Gasteiger partial charge < -0.3 is 16.0 Å². The quantitative estimate of drug-likeness (QED) is 0.574. The van der Waals surface area contributed by atoms with Gasteiger partial charge in [0, 0.05) is 24.8 Å². The van der Waals surface area contributed by atoms with E-state index in [1.807, 2.05) is 0 Å². The highest BCUT2D eigenvalue weighted by atomic mass is 32.2. The van der Waals surface area contributed by atoms with Gasteiger partial charge in [0.15, 0.2) is 0 Å². The van der Waals surface area contributed by atoms with Crippen molar-refractivity contribution in [2.24, 2.45) is 11.7 Å². The van der Waals surface area contributed by atoms with Crippen molar-refractivity contribution in [3.8, 4) is 0 Å². The summed E-state index contributed by atoms with van der Waals surface area (Å²) in [6.45, 7) is 3.86. The van der Waals surface area contributed by atoms with E-state index < -0.39 is 10.0 Å². The molecule has 1 unspecified atom stereocenters. The molecule has 1 aromatic rings. The van der Waals surface area contributed by atoms with Crippen molar-refractivity contribution in [2.75, 3.05) is 6.54 Å². The highest BCUT2D eigenvalue weighted by molar-refractivity contribution is 7.89. The van der Waals surface area contributed by atoms with Gasteiger partial charge in [0.25, 0.3) is 5.91 Å². The number of nitrogens with two attached hydrogens (primary N) is 1. The zero-order chi connectivity index (χ0) is 15.6. The number of carbonyl (C=O) groups is 1. The monoisotopic (exact) mass is 314 g/mol. The van der Waals surface area contributed by atoms with Gasteiger partial charge in [-0.05, 0) is 38.7 Å². The summed E-state index contributed by atoms with van der Waals surface area (Å²) < 4.78 is 26.4. The number of aromatic amines is 1. The second-order valence-electron chi connectivity index (χ2n) is 5.74. The molecular formula is C13H22N4O3S. The summed E-state index contributed by atoms with van der Waals surface area (Å²) in [5, 5.41) is 2.72. The number of aromatic nitrogens is 1. The van der Waals surface area contributed by atoms with E-state index in [2.05, 4.69) is 15.0 Å². The first-order valence-corrected chi connectivity index (χ1v) is 8.52. The van der Waals surface area contributed by atoms with Gasteiger partial charge >= 0.3 is 0 Å². The SMILES string of the molecule is CC(C)NS(=O)(=O)c1c[nH]c(C(=O)NCC(N)C2CC2)c1. The van der Waals surface area contributed by atoms with Crippen LogP contribution < -0.4 is 15.8 Å².